The first-order chi connectivity index (χ1) is 7.65. The Morgan fingerprint density at radius 1 is 1.38 bits per heavy atom. The minimum atomic E-state index is -0.0701. The Balaban J connectivity index is 2.17. The summed E-state index contributed by atoms with van der Waals surface area (Å²) in [6.45, 7) is 3.53. The van der Waals surface area contributed by atoms with Gasteiger partial charge in [0, 0.05) is 19.4 Å². The van der Waals surface area contributed by atoms with Crippen molar-refractivity contribution in [2.45, 2.75) is 20.3 Å². The van der Waals surface area contributed by atoms with Gasteiger partial charge in [0.2, 0.25) is 0 Å². The van der Waals surface area contributed by atoms with Crippen LogP contribution < -0.4 is 0 Å². The van der Waals surface area contributed by atoms with Gasteiger partial charge >= 0.3 is 0 Å². The number of hydrogen-bond donors (Lipinski definition) is 0. The molecular weight excluding hydrogens is 202 g/mol. The minimum absolute atomic E-state index is 0.0701. The fourth-order valence-electron chi connectivity index (χ4n) is 1.59. The molecule has 2 aromatic rings. The number of ketones is 1. The first-order valence-corrected chi connectivity index (χ1v) is 5.17. The van der Waals surface area contributed by atoms with Gasteiger partial charge in [-0.05, 0) is 12.5 Å². The van der Waals surface area contributed by atoms with Crippen molar-refractivity contribution in [1.29, 1.82) is 0 Å². The van der Waals surface area contributed by atoms with Crippen LogP contribution in [0.1, 0.15) is 34.3 Å². The number of Topliss-reactive ketones (excluding diaryl/α,β-unsaturated/α-hetero) is 1. The maximum absolute atomic E-state index is 11.0. The van der Waals surface area contributed by atoms with E-state index in [2.05, 4.69) is 11.2 Å². The second-order valence-electron chi connectivity index (χ2n) is 3.90. The molecule has 0 aliphatic heterocycles. The Labute approximate surface area is 94.1 Å². The monoisotopic (exact) mass is 215 g/mol. The third-order valence-electron chi connectivity index (χ3n) is 2.38. The lowest BCUT2D eigenvalue weighted by Crippen LogP contribution is -1.90. The molecule has 0 saturated carbocycles. The topological polar surface area (TPSA) is 43.1 Å². The van der Waals surface area contributed by atoms with E-state index in [9.17, 15) is 4.79 Å². The molecule has 0 radical (unpaired) electrons. The Kier molecular flexibility index (Phi) is 2.86. The molecule has 3 heteroatoms. The van der Waals surface area contributed by atoms with Crippen molar-refractivity contribution in [3.05, 3.63) is 52.9 Å². The number of nitrogens with zero attached hydrogens (tertiary/aromatic N) is 1. The highest BCUT2D eigenvalue weighted by molar-refractivity contribution is 5.91. The highest BCUT2D eigenvalue weighted by Gasteiger charge is 2.08. The molecule has 0 fully saturated rings. The van der Waals surface area contributed by atoms with E-state index in [0.717, 1.165) is 11.3 Å². The highest BCUT2D eigenvalue weighted by atomic mass is 16.5. The van der Waals surface area contributed by atoms with E-state index in [0.29, 0.717) is 12.1 Å². The third-order valence-corrected chi connectivity index (χ3v) is 2.38. The molecule has 1 aromatic heterocycles. The van der Waals surface area contributed by atoms with Crippen molar-refractivity contribution in [2.24, 2.45) is 0 Å². The molecule has 1 heterocycles. The molecule has 0 spiro atoms. The van der Waals surface area contributed by atoms with Crippen LogP contribution in [0.15, 0.2) is 34.9 Å². The average molecular weight is 215 g/mol. The number of benzene rings is 1. The average Bonchev–Trinajstić information content (AvgIpc) is 2.66. The van der Waals surface area contributed by atoms with Crippen LogP contribution in [0.2, 0.25) is 0 Å². The zero-order valence-electron chi connectivity index (χ0n) is 9.36. The number of carbonyl (C=O) groups excluding carboxylic acids is 1. The Morgan fingerprint density at radius 2 is 2.19 bits per heavy atom. The van der Waals surface area contributed by atoms with E-state index in [1.54, 1.807) is 6.07 Å². The lowest BCUT2D eigenvalue weighted by molar-refractivity contribution is 0.100. The molecule has 82 valence electrons. The number of rotatable bonds is 3. The van der Waals surface area contributed by atoms with Gasteiger partial charge < -0.3 is 4.52 Å². The first-order valence-electron chi connectivity index (χ1n) is 5.17. The van der Waals surface area contributed by atoms with Gasteiger partial charge in [0.25, 0.3) is 0 Å². The zero-order chi connectivity index (χ0) is 11.5. The number of hydrogen-bond acceptors (Lipinski definition) is 3. The van der Waals surface area contributed by atoms with Crippen LogP contribution in [-0.2, 0) is 6.42 Å². The summed E-state index contributed by atoms with van der Waals surface area (Å²) >= 11 is 0. The van der Waals surface area contributed by atoms with E-state index < -0.39 is 0 Å². The summed E-state index contributed by atoms with van der Waals surface area (Å²) in [7, 11) is 0. The fraction of sp³-hybridized carbons (Fsp3) is 0.231. The first kappa shape index (κ1) is 10.6. The van der Waals surface area contributed by atoms with Gasteiger partial charge in [-0.15, -0.1) is 0 Å². The van der Waals surface area contributed by atoms with Gasteiger partial charge in [-0.1, -0.05) is 35.0 Å². The molecule has 1 aromatic carbocycles. The highest BCUT2D eigenvalue weighted by Crippen LogP contribution is 2.12. The van der Waals surface area contributed by atoms with Gasteiger partial charge in [0.1, 0.15) is 11.5 Å². The zero-order valence-corrected chi connectivity index (χ0v) is 9.36. The molecule has 0 amide bonds. The van der Waals surface area contributed by atoms with Crippen LogP contribution in [-0.4, -0.2) is 10.9 Å². The van der Waals surface area contributed by atoms with Crippen molar-refractivity contribution in [3.63, 3.8) is 0 Å². The maximum atomic E-state index is 11.0. The van der Waals surface area contributed by atoms with Crippen LogP contribution >= 0.6 is 0 Å². The van der Waals surface area contributed by atoms with Crippen LogP contribution in [0, 0.1) is 6.92 Å². The SMILES string of the molecule is CC(=O)c1cc(Cc2cccc(C)c2)on1. The van der Waals surface area contributed by atoms with Crippen molar-refractivity contribution in [2.75, 3.05) is 0 Å². The molecule has 0 bridgehead atoms. The van der Waals surface area contributed by atoms with Crippen molar-refractivity contribution in [3.8, 4) is 0 Å². The molecular formula is C13H13NO2. The van der Waals surface area contributed by atoms with Gasteiger partial charge in [-0.25, -0.2) is 0 Å². The van der Waals surface area contributed by atoms with Crippen LogP contribution in [0.5, 0.6) is 0 Å². The fourth-order valence-corrected chi connectivity index (χ4v) is 1.59. The summed E-state index contributed by atoms with van der Waals surface area (Å²) in [4.78, 5) is 11.0. The lowest BCUT2D eigenvalue weighted by atomic mass is 10.1. The Bertz CT molecular complexity index is 514. The van der Waals surface area contributed by atoms with E-state index in [4.69, 9.17) is 4.52 Å². The summed E-state index contributed by atoms with van der Waals surface area (Å²) in [6, 6.07) is 9.88. The summed E-state index contributed by atoms with van der Waals surface area (Å²) in [5, 5.41) is 3.71. The Morgan fingerprint density at radius 3 is 2.81 bits per heavy atom. The van der Waals surface area contributed by atoms with E-state index in [1.165, 1.54) is 12.5 Å². The summed E-state index contributed by atoms with van der Waals surface area (Å²) in [5.41, 5.74) is 2.76. The molecule has 2 rings (SSSR count). The Hall–Kier alpha value is -1.90. The minimum Gasteiger partial charge on any atom is -0.360 e. The maximum Gasteiger partial charge on any atom is 0.181 e. The lowest BCUT2D eigenvalue weighted by Gasteiger charge is -1.98. The van der Waals surface area contributed by atoms with Crippen LogP contribution in [0.3, 0.4) is 0 Å². The second-order valence-corrected chi connectivity index (χ2v) is 3.90. The van der Waals surface area contributed by atoms with E-state index in [-0.39, 0.29) is 5.78 Å². The summed E-state index contributed by atoms with van der Waals surface area (Å²) in [6.07, 6.45) is 0.669. The van der Waals surface area contributed by atoms with Gasteiger partial charge in [0.15, 0.2) is 5.78 Å². The molecule has 0 aliphatic rings. The third kappa shape index (κ3) is 2.37. The summed E-state index contributed by atoms with van der Waals surface area (Å²) < 4.78 is 5.10. The van der Waals surface area contributed by atoms with Crippen molar-refractivity contribution in [1.82, 2.24) is 5.16 Å². The summed E-state index contributed by atoms with van der Waals surface area (Å²) in [5.74, 6) is 0.648. The van der Waals surface area contributed by atoms with E-state index in [1.807, 2.05) is 25.1 Å². The quantitative estimate of drug-likeness (QED) is 0.739. The van der Waals surface area contributed by atoms with Crippen molar-refractivity contribution < 1.29 is 9.32 Å². The number of aromatic nitrogens is 1. The van der Waals surface area contributed by atoms with Crippen LogP contribution in [0.25, 0.3) is 0 Å². The number of carbonyl (C=O) groups is 1. The molecule has 0 unspecified atom stereocenters. The second kappa shape index (κ2) is 4.31. The molecule has 3 nitrogen and oxygen atoms in total. The predicted octanol–water partition coefficient (Wildman–Crippen LogP) is 2.78. The predicted molar refractivity (Wildman–Crippen MR) is 60.5 cm³/mol. The van der Waals surface area contributed by atoms with Crippen LogP contribution in [0.4, 0.5) is 0 Å². The molecule has 16 heavy (non-hydrogen) atoms. The largest absolute Gasteiger partial charge is 0.360 e. The molecule has 0 saturated heterocycles. The van der Waals surface area contributed by atoms with Crippen molar-refractivity contribution >= 4 is 5.78 Å². The van der Waals surface area contributed by atoms with E-state index >= 15 is 0 Å². The molecule has 0 aliphatic carbocycles. The molecule has 0 atom stereocenters. The standard InChI is InChI=1S/C13H13NO2/c1-9-4-3-5-11(6-9)7-12-8-13(10(2)15)14-16-12/h3-6,8H,7H2,1-2H3. The number of aryl methyl sites for hydroxylation is 1. The van der Waals surface area contributed by atoms with Gasteiger partial charge in [-0.2, -0.15) is 0 Å². The smallest absolute Gasteiger partial charge is 0.181 e. The van der Waals surface area contributed by atoms with Gasteiger partial charge in [-0.3, -0.25) is 4.79 Å². The van der Waals surface area contributed by atoms with Gasteiger partial charge in [0.05, 0.1) is 0 Å². The normalized spacial score (nSPS) is 10.4. The molecule has 0 N–H and O–H groups in total.